The third-order valence-corrected chi connectivity index (χ3v) is 4.13. The second-order valence-electron chi connectivity index (χ2n) is 4.72. The second kappa shape index (κ2) is 6.66. The molecule has 2 aromatic heterocycles. The van der Waals surface area contributed by atoms with Gasteiger partial charge in [0.05, 0.1) is 0 Å². The van der Waals surface area contributed by atoms with Gasteiger partial charge in [0.15, 0.2) is 0 Å². The Morgan fingerprint density at radius 1 is 1.22 bits per heavy atom. The van der Waals surface area contributed by atoms with Crippen molar-refractivity contribution in [3.63, 3.8) is 0 Å². The Morgan fingerprint density at radius 2 is 2.06 bits per heavy atom. The third kappa shape index (κ3) is 3.93. The lowest BCUT2D eigenvalue weighted by atomic mass is 10.1. The van der Waals surface area contributed by atoms with Crippen molar-refractivity contribution in [2.24, 2.45) is 5.92 Å². The van der Waals surface area contributed by atoms with Gasteiger partial charge in [-0.05, 0) is 48.9 Å². The molecule has 2 heterocycles. The number of thiophene rings is 1. The van der Waals surface area contributed by atoms with Crippen molar-refractivity contribution in [2.45, 2.75) is 26.2 Å². The Hall–Kier alpha value is -1.19. The standard InChI is InChI=1S/C15H19NOS/c1-12(11-17)9-15-7-6-14(18-15)5-4-13-3-2-8-16-10-13/h2-3,6-8,10,12,17H,4-5,9,11H2,1H3/t12-/m0/s1. The van der Waals surface area contributed by atoms with Gasteiger partial charge in [-0.25, -0.2) is 0 Å². The minimum Gasteiger partial charge on any atom is -0.396 e. The van der Waals surface area contributed by atoms with Crippen molar-refractivity contribution >= 4 is 11.3 Å². The molecule has 2 rings (SSSR count). The SMILES string of the molecule is C[C@H](CO)Cc1ccc(CCc2cccnc2)s1. The van der Waals surface area contributed by atoms with Crippen LogP contribution in [0.4, 0.5) is 0 Å². The van der Waals surface area contributed by atoms with Crippen LogP contribution in [0.3, 0.4) is 0 Å². The van der Waals surface area contributed by atoms with Crippen molar-refractivity contribution in [3.05, 3.63) is 52.0 Å². The Kier molecular flexibility index (Phi) is 4.90. The molecule has 18 heavy (non-hydrogen) atoms. The summed E-state index contributed by atoms with van der Waals surface area (Å²) in [4.78, 5) is 6.92. The number of rotatable bonds is 6. The first-order valence-corrected chi connectivity index (χ1v) is 7.17. The van der Waals surface area contributed by atoms with Crippen LogP contribution in [-0.2, 0) is 19.3 Å². The largest absolute Gasteiger partial charge is 0.396 e. The quantitative estimate of drug-likeness (QED) is 0.866. The minimum absolute atomic E-state index is 0.267. The molecule has 0 fully saturated rings. The lowest BCUT2D eigenvalue weighted by Gasteiger charge is -2.04. The van der Waals surface area contributed by atoms with Gasteiger partial charge in [0, 0.05) is 28.8 Å². The molecule has 2 aromatic rings. The second-order valence-corrected chi connectivity index (χ2v) is 5.97. The van der Waals surface area contributed by atoms with Crippen molar-refractivity contribution in [2.75, 3.05) is 6.61 Å². The third-order valence-electron chi connectivity index (χ3n) is 2.96. The molecule has 0 aliphatic heterocycles. The Morgan fingerprint density at radius 3 is 2.78 bits per heavy atom. The summed E-state index contributed by atoms with van der Waals surface area (Å²) in [6, 6.07) is 8.50. The van der Waals surface area contributed by atoms with Gasteiger partial charge in [0.25, 0.3) is 0 Å². The maximum absolute atomic E-state index is 9.05. The number of aliphatic hydroxyl groups excluding tert-OH is 1. The Labute approximate surface area is 112 Å². The van der Waals surface area contributed by atoms with Gasteiger partial charge in [-0.1, -0.05) is 13.0 Å². The minimum atomic E-state index is 0.267. The molecule has 0 amide bonds. The zero-order valence-corrected chi connectivity index (χ0v) is 11.5. The lowest BCUT2D eigenvalue weighted by Crippen LogP contribution is -2.02. The molecule has 0 radical (unpaired) electrons. The van der Waals surface area contributed by atoms with E-state index in [0.717, 1.165) is 19.3 Å². The van der Waals surface area contributed by atoms with Crippen LogP contribution in [0.1, 0.15) is 22.2 Å². The summed E-state index contributed by atoms with van der Waals surface area (Å²) in [5.74, 6) is 0.356. The number of nitrogens with zero attached hydrogens (tertiary/aromatic N) is 1. The number of aromatic nitrogens is 1. The molecule has 1 N–H and O–H groups in total. The van der Waals surface area contributed by atoms with E-state index in [1.165, 1.54) is 15.3 Å². The summed E-state index contributed by atoms with van der Waals surface area (Å²) in [6.07, 6.45) is 6.84. The molecule has 0 unspecified atom stereocenters. The van der Waals surface area contributed by atoms with Gasteiger partial charge in [-0.2, -0.15) is 0 Å². The topological polar surface area (TPSA) is 33.1 Å². The van der Waals surface area contributed by atoms with E-state index in [2.05, 4.69) is 30.1 Å². The number of aliphatic hydroxyl groups is 1. The van der Waals surface area contributed by atoms with E-state index in [9.17, 15) is 0 Å². The van der Waals surface area contributed by atoms with Crippen LogP contribution < -0.4 is 0 Å². The van der Waals surface area contributed by atoms with Crippen LogP contribution in [0, 0.1) is 5.92 Å². The zero-order chi connectivity index (χ0) is 12.8. The van der Waals surface area contributed by atoms with Gasteiger partial charge < -0.3 is 5.11 Å². The number of hydrogen-bond acceptors (Lipinski definition) is 3. The van der Waals surface area contributed by atoms with E-state index in [-0.39, 0.29) is 6.61 Å². The smallest absolute Gasteiger partial charge is 0.0460 e. The normalized spacial score (nSPS) is 12.6. The van der Waals surface area contributed by atoms with Gasteiger partial charge >= 0.3 is 0 Å². The molecule has 96 valence electrons. The van der Waals surface area contributed by atoms with Gasteiger partial charge in [0.1, 0.15) is 0 Å². The van der Waals surface area contributed by atoms with Crippen molar-refractivity contribution in [1.82, 2.24) is 4.98 Å². The molecular formula is C15H19NOS. The number of pyridine rings is 1. The number of hydrogen-bond donors (Lipinski definition) is 1. The maximum atomic E-state index is 9.05. The molecule has 0 saturated heterocycles. The van der Waals surface area contributed by atoms with Crippen LogP contribution in [0.2, 0.25) is 0 Å². The van der Waals surface area contributed by atoms with Gasteiger partial charge in [-0.15, -0.1) is 11.3 Å². The fourth-order valence-electron chi connectivity index (χ4n) is 1.89. The zero-order valence-electron chi connectivity index (χ0n) is 10.7. The summed E-state index contributed by atoms with van der Waals surface area (Å²) >= 11 is 1.86. The van der Waals surface area contributed by atoms with Crippen LogP contribution in [-0.4, -0.2) is 16.7 Å². The summed E-state index contributed by atoms with van der Waals surface area (Å²) in [6.45, 7) is 2.35. The van der Waals surface area contributed by atoms with Crippen LogP contribution in [0.25, 0.3) is 0 Å². The van der Waals surface area contributed by atoms with E-state index in [4.69, 9.17) is 5.11 Å². The van der Waals surface area contributed by atoms with Crippen molar-refractivity contribution in [3.8, 4) is 0 Å². The molecule has 0 bridgehead atoms. The molecule has 0 aliphatic rings. The van der Waals surface area contributed by atoms with Crippen molar-refractivity contribution in [1.29, 1.82) is 0 Å². The molecule has 0 aliphatic carbocycles. The van der Waals surface area contributed by atoms with E-state index in [0.29, 0.717) is 5.92 Å². The maximum Gasteiger partial charge on any atom is 0.0460 e. The molecule has 0 saturated carbocycles. The highest BCUT2D eigenvalue weighted by molar-refractivity contribution is 7.11. The first-order valence-electron chi connectivity index (χ1n) is 6.35. The van der Waals surface area contributed by atoms with E-state index < -0.39 is 0 Å². The number of aryl methyl sites for hydroxylation is 2. The first kappa shape index (κ1) is 13.2. The van der Waals surface area contributed by atoms with Crippen LogP contribution in [0.15, 0.2) is 36.7 Å². The van der Waals surface area contributed by atoms with Crippen LogP contribution in [0.5, 0.6) is 0 Å². The van der Waals surface area contributed by atoms with Gasteiger partial charge in [0.2, 0.25) is 0 Å². The molecule has 1 atom stereocenters. The molecule has 0 spiro atoms. The summed E-state index contributed by atoms with van der Waals surface area (Å²) in [5.41, 5.74) is 1.29. The highest BCUT2D eigenvalue weighted by Gasteiger charge is 2.05. The summed E-state index contributed by atoms with van der Waals surface area (Å²) in [7, 11) is 0. The Bertz CT molecular complexity index is 466. The monoisotopic (exact) mass is 261 g/mol. The highest BCUT2D eigenvalue weighted by atomic mass is 32.1. The average molecular weight is 261 g/mol. The van der Waals surface area contributed by atoms with E-state index >= 15 is 0 Å². The average Bonchev–Trinajstić information content (AvgIpc) is 2.85. The predicted octanol–water partition coefficient (Wildman–Crippen LogP) is 3.10. The predicted molar refractivity (Wildman–Crippen MR) is 75.9 cm³/mol. The summed E-state index contributed by atoms with van der Waals surface area (Å²) in [5, 5.41) is 9.05. The van der Waals surface area contributed by atoms with Crippen molar-refractivity contribution < 1.29 is 5.11 Å². The van der Waals surface area contributed by atoms with E-state index in [1.807, 2.05) is 29.8 Å². The highest BCUT2D eigenvalue weighted by Crippen LogP contribution is 2.21. The molecular weight excluding hydrogens is 242 g/mol. The molecule has 3 heteroatoms. The van der Waals surface area contributed by atoms with E-state index in [1.54, 1.807) is 0 Å². The van der Waals surface area contributed by atoms with Gasteiger partial charge in [-0.3, -0.25) is 4.98 Å². The fraction of sp³-hybridized carbons (Fsp3) is 0.400. The lowest BCUT2D eigenvalue weighted by molar-refractivity contribution is 0.237. The van der Waals surface area contributed by atoms with Crippen LogP contribution >= 0.6 is 11.3 Å². The fourth-order valence-corrected chi connectivity index (χ4v) is 3.07. The first-order chi connectivity index (χ1) is 8.78. The molecule has 2 nitrogen and oxygen atoms in total. The summed E-state index contributed by atoms with van der Waals surface area (Å²) < 4.78 is 0. The Balaban J connectivity index is 1.87. The molecule has 0 aromatic carbocycles.